The highest BCUT2D eigenvalue weighted by atomic mass is 35.5. The number of aryl methyl sites for hydroxylation is 1. The highest BCUT2D eigenvalue weighted by Gasteiger charge is 2.13. The Bertz CT molecular complexity index is 752. The summed E-state index contributed by atoms with van der Waals surface area (Å²) in [5.41, 5.74) is 1.98. The molecule has 0 heterocycles. The summed E-state index contributed by atoms with van der Waals surface area (Å²) in [5.74, 6) is 1.31. The van der Waals surface area contributed by atoms with E-state index >= 15 is 0 Å². The number of nitro groups is 1. The maximum Gasteiger partial charge on any atom is 0.272 e. The molecule has 0 aromatic heterocycles. The molecular weight excluding hydrogens is 348 g/mol. The average molecular weight is 365 g/mol. The fourth-order valence-corrected chi connectivity index (χ4v) is 3.28. The Labute approximate surface area is 149 Å². The average Bonchev–Trinajstić information content (AvgIpc) is 2.55. The molecule has 0 saturated heterocycles. The van der Waals surface area contributed by atoms with E-state index in [4.69, 9.17) is 11.6 Å². The number of nitro benzene ring substituents is 1. The normalized spacial score (nSPS) is 10.4. The molecule has 0 unspecified atom stereocenters. The number of halogens is 1. The van der Waals surface area contributed by atoms with Crippen LogP contribution in [-0.2, 0) is 5.75 Å². The Hall–Kier alpha value is -2.05. The summed E-state index contributed by atoms with van der Waals surface area (Å²) in [7, 11) is 0. The molecule has 0 aliphatic heterocycles. The van der Waals surface area contributed by atoms with Crippen molar-refractivity contribution < 1.29 is 9.72 Å². The standard InChI is InChI=1S/C17H17ClN2O3S/c1-12-10-13(6-7-16(12)20(22)23)17(21)19-8-9-24-11-14-4-2-3-5-15(14)18/h2-7,10H,8-9,11H2,1H3,(H,19,21). The largest absolute Gasteiger partial charge is 0.351 e. The smallest absolute Gasteiger partial charge is 0.272 e. The van der Waals surface area contributed by atoms with Gasteiger partial charge in [0.2, 0.25) is 0 Å². The Morgan fingerprint density at radius 1 is 1.29 bits per heavy atom. The van der Waals surface area contributed by atoms with Crippen LogP contribution >= 0.6 is 23.4 Å². The summed E-state index contributed by atoms with van der Waals surface area (Å²) >= 11 is 7.77. The first-order chi connectivity index (χ1) is 11.5. The molecule has 0 atom stereocenters. The van der Waals surface area contributed by atoms with Gasteiger partial charge in [0.25, 0.3) is 11.6 Å². The zero-order valence-electron chi connectivity index (χ0n) is 13.1. The number of rotatable bonds is 7. The van der Waals surface area contributed by atoms with Crippen LogP contribution in [0.4, 0.5) is 5.69 Å². The van der Waals surface area contributed by atoms with Gasteiger partial charge in [-0.25, -0.2) is 0 Å². The maximum atomic E-state index is 12.1. The van der Waals surface area contributed by atoms with Crippen molar-refractivity contribution in [3.63, 3.8) is 0 Å². The summed E-state index contributed by atoms with van der Waals surface area (Å²) in [6, 6.07) is 12.0. The van der Waals surface area contributed by atoms with Crippen LogP contribution in [0.2, 0.25) is 5.02 Å². The van der Waals surface area contributed by atoms with E-state index in [0.29, 0.717) is 17.7 Å². The first-order valence-corrected chi connectivity index (χ1v) is 8.86. The molecule has 0 fully saturated rings. The lowest BCUT2D eigenvalue weighted by Gasteiger charge is -2.07. The van der Waals surface area contributed by atoms with E-state index in [1.807, 2.05) is 24.3 Å². The lowest BCUT2D eigenvalue weighted by Crippen LogP contribution is -2.25. The maximum absolute atomic E-state index is 12.1. The molecule has 0 saturated carbocycles. The van der Waals surface area contributed by atoms with Crippen molar-refractivity contribution in [2.24, 2.45) is 0 Å². The number of hydrogen-bond acceptors (Lipinski definition) is 4. The predicted molar refractivity (Wildman–Crippen MR) is 97.8 cm³/mol. The van der Waals surface area contributed by atoms with Crippen LogP contribution < -0.4 is 5.32 Å². The molecule has 7 heteroatoms. The summed E-state index contributed by atoms with van der Waals surface area (Å²) in [6.45, 7) is 2.14. The summed E-state index contributed by atoms with van der Waals surface area (Å²) in [6.07, 6.45) is 0. The lowest BCUT2D eigenvalue weighted by molar-refractivity contribution is -0.385. The van der Waals surface area contributed by atoms with Gasteiger partial charge < -0.3 is 5.32 Å². The van der Waals surface area contributed by atoms with Crippen molar-refractivity contribution >= 4 is 35.0 Å². The van der Waals surface area contributed by atoms with Gasteiger partial charge in [-0.1, -0.05) is 29.8 Å². The number of amides is 1. The molecule has 2 aromatic rings. The molecule has 1 N–H and O–H groups in total. The van der Waals surface area contributed by atoms with Crippen LogP contribution in [0.25, 0.3) is 0 Å². The second kappa shape index (κ2) is 8.70. The number of carbonyl (C=O) groups is 1. The molecule has 0 aliphatic rings. The topological polar surface area (TPSA) is 72.2 Å². The molecule has 0 radical (unpaired) electrons. The van der Waals surface area contributed by atoms with Gasteiger partial charge in [0.15, 0.2) is 0 Å². The van der Waals surface area contributed by atoms with Crippen LogP contribution in [0.5, 0.6) is 0 Å². The number of thioether (sulfide) groups is 1. The second-order valence-electron chi connectivity index (χ2n) is 5.16. The van der Waals surface area contributed by atoms with E-state index in [2.05, 4.69) is 5.32 Å². The first-order valence-electron chi connectivity index (χ1n) is 7.33. The van der Waals surface area contributed by atoms with E-state index in [0.717, 1.165) is 22.1 Å². The highest BCUT2D eigenvalue weighted by molar-refractivity contribution is 7.98. The SMILES string of the molecule is Cc1cc(C(=O)NCCSCc2ccccc2Cl)ccc1[N+](=O)[O-]. The molecule has 126 valence electrons. The minimum absolute atomic E-state index is 0.0156. The predicted octanol–water partition coefficient (Wildman–Crippen LogP) is 4.22. The Kier molecular flexibility index (Phi) is 6.63. The van der Waals surface area contributed by atoms with E-state index in [9.17, 15) is 14.9 Å². The van der Waals surface area contributed by atoms with Gasteiger partial charge in [0.05, 0.1) is 4.92 Å². The molecular formula is C17H17ClN2O3S. The Morgan fingerprint density at radius 2 is 2.04 bits per heavy atom. The summed E-state index contributed by atoms with van der Waals surface area (Å²) < 4.78 is 0. The van der Waals surface area contributed by atoms with Crippen molar-refractivity contribution in [3.05, 3.63) is 74.3 Å². The minimum Gasteiger partial charge on any atom is -0.351 e. The molecule has 24 heavy (non-hydrogen) atoms. The fourth-order valence-electron chi connectivity index (χ4n) is 2.14. The Morgan fingerprint density at radius 3 is 2.71 bits per heavy atom. The second-order valence-corrected chi connectivity index (χ2v) is 6.67. The lowest BCUT2D eigenvalue weighted by atomic mass is 10.1. The summed E-state index contributed by atoms with van der Waals surface area (Å²) in [4.78, 5) is 22.4. The molecule has 2 aromatic carbocycles. The van der Waals surface area contributed by atoms with Crippen molar-refractivity contribution in [1.29, 1.82) is 0 Å². The summed E-state index contributed by atoms with van der Waals surface area (Å²) in [5, 5.41) is 14.3. The fraction of sp³-hybridized carbons (Fsp3) is 0.235. The van der Waals surface area contributed by atoms with Crippen molar-refractivity contribution in [3.8, 4) is 0 Å². The van der Waals surface area contributed by atoms with Crippen LogP contribution in [0.15, 0.2) is 42.5 Å². The molecule has 1 amide bonds. The number of carbonyl (C=O) groups excluding carboxylic acids is 1. The van der Waals surface area contributed by atoms with Crippen molar-refractivity contribution in [2.75, 3.05) is 12.3 Å². The third-order valence-electron chi connectivity index (χ3n) is 3.40. The monoisotopic (exact) mass is 364 g/mol. The third-order valence-corrected chi connectivity index (χ3v) is 4.78. The molecule has 2 rings (SSSR count). The van der Waals surface area contributed by atoms with E-state index < -0.39 is 4.92 Å². The molecule has 0 bridgehead atoms. The number of hydrogen-bond donors (Lipinski definition) is 1. The number of nitrogens with zero attached hydrogens (tertiary/aromatic N) is 1. The van der Waals surface area contributed by atoms with Gasteiger partial charge >= 0.3 is 0 Å². The van der Waals surface area contributed by atoms with Crippen LogP contribution in [0, 0.1) is 17.0 Å². The molecule has 0 aliphatic carbocycles. The van der Waals surface area contributed by atoms with Crippen LogP contribution in [0.1, 0.15) is 21.5 Å². The zero-order valence-corrected chi connectivity index (χ0v) is 14.7. The molecule has 0 spiro atoms. The minimum atomic E-state index is -0.456. The Balaban J connectivity index is 1.78. The third kappa shape index (κ3) is 4.97. The van der Waals surface area contributed by atoms with E-state index in [1.165, 1.54) is 18.2 Å². The van der Waals surface area contributed by atoms with Crippen molar-refractivity contribution in [2.45, 2.75) is 12.7 Å². The van der Waals surface area contributed by atoms with E-state index in [-0.39, 0.29) is 11.6 Å². The zero-order chi connectivity index (χ0) is 17.5. The van der Waals surface area contributed by atoms with Gasteiger partial charge in [0, 0.05) is 40.3 Å². The van der Waals surface area contributed by atoms with Crippen LogP contribution in [0.3, 0.4) is 0 Å². The van der Waals surface area contributed by atoms with Gasteiger partial charge in [-0.15, -0.1) is 0 Å². The number of benzene rings is 2. The van der Waals surface area contributed by atoms with Gasteiger partial charge in [-0.3, -0.25) is 14.9 Å². The van der Waals surface area contributed by atoms with Gasteiger partial charge in [-0.05, 0) is 30.7 Å². The van der Waals surface area contributed by atoms with E-state index in [1.54, 1.807) is 18.7 Å². The quantitative estimate of drug-likeness (QED) is 0.453. The van der Waals surface area contributed by atoms with Gasteiger partial charge in [-0.2, -0.15) is 11.8 Å². The number of nitrogens with one attached hydrogen (secondary N) is 1. The molecule has 5 nitrogen and oxygen atoms in total. The first kappa shape index (κ1) is 18.3. The van der Waals surface area contributed by atoms with Crippen LogP contribution in [-0.4, -0.2) is 23.1 Å². The van der Waals surface area contributed by atoms with Gasteiger partial charge in [0.1, 0.15) is 0 Å². The highest BCUT2D eigenvalue weighted by Crippen LogP contribution is 2.21. The van der Waals surface area contributed by atoms with Crippen molar-refractivity contribution in [1.82, 2.24) is 5.32 Å².